The summed E-state index contributed by atoms with van der Waals surface area (Å²) < 4.78 is 5.51. The monoisotopic (exact) mass is 449 g/mol. The zero-order valence-corrected chi connectivity index (χ0v) is 18.8. The fourth-order valence-corrected chi connectivity index (χ4v) is 4.36. The molecule has 4 rings (SSSR count). The number of pyridine rings is 1. The second-order valence-electron chi connectivity index (χ2n) is 8.07. The predicted molar refractivity (Wildman–Crippen MR) is 123 cm³/mol. The lowest BCUT2D eigenvalue weighted by Gasteiger charge is -2.30. The number of aliphatic hydroxyl groups is 1. The van der Waals surface area contributed by atoms with Crippen LogP contribution in [0.3, 0.4) is 0 Å². The van der Waals surface area contributed by atoms with Crippen molar-refractivity contribution in [2.75, 3.05) is 51.5 Å². The Morgan fingerprint density at radius 3 is 2.79 bits per heavy atom. The minimum Gasteiger partial charge on any atom is -0.399 e. The Balaban J connectivity index is 1.75. The molecule has 0 unspecified atom stereocenters. The smallest absolute Gasteiger partial charge is 0.273 e. The molecule has 2 fully saturated rings. The average Bonchev–Trinajstić information content (AvgIpc) is 3.27. The van der Waals surface area contributed by atoms with Crippen LogP contribution in [0.5, 0.6) is 0 Å². The maximum absolute atomic E-state index is 13.4. The minimum absolute atomic E-state index is 0.164. The maximum atomic E-state index is 13.4. The largest absolute Gasteiger partial charge is 0.399 e. The molecule has 1 amide bonds. The van der Waals surface area contributed by atoms with Gasteiger partial charge in [-0.3, -0.25) is 4.79 Å². The van der Waals surface area contributed by atoms with E-state index in [1.54, 1.807) is 17.0 Å². The number of carbonyl (C=O) groups excluding carboxylic acids is 1. The van der Waals surface area contributed by atoms with Gasteiger partial charge in [0.2, 0.25) is 0 Å². The highest BCUT2D eigenvalue weighted by Crippen LogP contribution is 2.34. The maximum Gasteiger partial charge on any atom is 0.273 e. The molecule has 0 radical (unpaired) electrons. The number of oxime groups is 1. The Bertz CT molecular complexity index is 1100. The van der Waals surface area contributed by atoms with Gasteiger partial charge in [-0.05, 0) is 36.2 Å². The van der Waals surface area contributed by atoms with Crippen molar-refractivity contribution in [1.82, 2.24) is 9.88 Å². The van der Waals surface area contributed by atoms with E-state index in [4.69, 9.17) is 14.6 Å². The van der Waals surface area contributed by atoms with Gasteiger partial charge in [0.05, 0.1) is 49.8 Å². The molecule has 9 heteroatoms. The van der Waals surface area contributed by atoms with Gasteiger partial charge in [0.1, 0.15) is 18.6 Å². The number of likely N-dealkylation sites (tertiary alicyclic amines) is 1. The van der Waals surface area contributed by atoms with Gasteiger partial charge in [0.25, 0.3) is 5.91 Å². The van der Waals surface area contributed by atoms with Crippen molar-refractivity contribution >= 4 is 17.4 Å². The number of aliphatic hydroxyl groups excluding tert-OH is 1. The Hall–Kier alpha value is -3.48. The first-order valence-corrected chi connectivity index (χ1v) is 10.9. The van der Waals surface area contributed by atoms with E-state index in [1.807, 2.05) is 25.1 Å². The van der Waals surface area contributed by atoms with Crippen molar-refractivity contribution < 1.29 is 19.5 Å². The molecule has 0 aliphatic carbocycles. The van der Waals surface area contributed by atoms with Crippen molar-refractivity contribution in [3.63, 3.8) is 0 Å². The third kappa shape index (κ3) is 4.53. The molecular weight excluding hydrogens is 422 g/mol. The number of aromatic nitrogens is 1. The van der Waals surface area contributed by atoms with Crippen LogP contribution in [0.25, 0.3) is 11.1 Å². The molecule has 3 heterocycles. The molecule has 33 heavy (non-hydrogen) atoms. The molecule has 172 valence electrons. The summed E-state index contributed by atoms with van der Waals surface area (Å²) in [6, 6.07) is 11.1. The first kappa shape index (κ1) is 22.7. The third-order valence-corrected chi connectivity index (χ3v) is 6.11. The van der Waals surface area contributed by atoms with Gasteiger partial charge in [-0.2, -0.15) is 5.26 Å². The van der Waals surface area contributed by atoms with Crippen LogP contribution in [-0.2, 0) is 9.57 Å². The van der Waals surface area contributed by atoms with Crippen LogP contribution in [0.4, 0.5) is 5.82 Å². The van der Waals surface area contributed by atoms with E-state index < -0.39 is 0 Å². The normalized spacial score (nSPS) is 19.6. The minimum atomic E-state index is -0.366. The van der Waals surface area contributed by atoms with Gasteiger partial charge >= 0.3 is 0 Å². The molecule has 2 aliphatic heterocycles. The van der Waals surface area contributed by atoms with Gasteiger partial charge in [0.15, 0.2) is 0 Å². The zero-order valence-electron chi connectivity index (χ0n) is 18.8. The average molecular weight is 450 g/mol. The Morgan fingerprint density at radius 2 is 2.09 bits per heavy atom. The number of carbonyl (C=O) groups is 1. The first-order valence-electron chi connectivity index (χ1n) is 10.9. The Morgan fingerprint density at radius 1 is 1.30 bits per heavy atom. The Kier molecular flexibility index (Phi) is 6.87. The van der Waals surface area contributed by atoms with E-state index in [9.17, 15) is 15.2 Å². The number of nitriles is 1. The number of hydrogen-bond acceptors (Lipinski definition) is 8. The fraction of sp³-hybridized carbons (Fsp3) is 0.417. The van der Waals surface area contributed by atoms with E-state index in [0.29, 0.717) is 55.5 Å². The molecule has 9 nitrogen and oxygen atoms in total. The van der Waals surface area contributed by atoms with Crippen LogP contribution in [0.1, 0.15) is 28.0 Å². The number of ether oxygens (including phenoxy) is 1. The summed E-state index contributed by atoms with van der Waals surface area (Å²) in [4.78, 5) is 26.7. The molecule has 1 atom stereocenters. The molecule has 2 aromatic rings. The molecule has 1 aromatic carbocycles. The number of nitrogens with zero attached hydrogens (tertiary/aromatic N) is 5. The summed E-state index contributed by atoms with van der Waals surface area (Å²) in [5.74, 6) is 0.423. The SMILES string of the molecule is CO/N=C1\C[C@@H](CO)N(C(=O)c2ccc(-c3cccc(C#N)c3C)c(N3CCOCC3)n2)C1. The van der Waals surface area contributed by atoms with E-state index >= 15 is 0 Å². The molecule has 1 aromatic heterocycles. The van der Waals surface area contributed by atoms with E-state index in [-0.39, 0.29) is 25.1 Å². The van der Waals surface area contributed by atoms with Crippen LogP contribution in [0, 0.1) is 18.3 Å². The summed E-state index contributed by atoms with van der Waals surface area (Å²) in [6.45, 7) is 4.51. The van der Waals surface area contributed by atoms with Gasteiger partial charge in [-0.1, -0.05) is 17.3 Å². The lowest BCUT2D eigenvalue weighted by atomic mass is 9.96. The standard InChI is InChI=1S/C24H27N5O4/c1-16-17(13-25)4-3-5-20(16)21-6-7-22(26-23(21)28-8-10-33-11-9-28)24(31)29-14-18(27-32-2)12-19(29)15-30/h3-7,19,30H,8-12,14-15H2,1-2H3/b27-18+/t19-/m0/s1. The van der Waals surface area contributed by atoms with Gasteiger partial charge < -0.3 is 24.5 Å². The van der Waals surface area contributed by atoms with Crippen molar-refractivity contribution in [2.24, 2.45) is 5.16 Å². The van der Waals surface area contributed by atoms with E-state index in [2.05, 4.69) is 16.1 Å². The van der Waals surface area contributed by atoms with Gasteiger partial charge in [0, 0.05) is 25.1 Å². The summed E-state index contributed by atoms with van der Waals surface area (Å²) >= 11 is 0. The summed E-state index contributed by atoms with van der Waals surface area (Å²) in [5, 5.41) is 23.2. The number of hydrogen-bond donors (Lipinski definition) is 1. The summed E-state index contributed by atoms with van der Waals surface area (Å²) in [7, 11) is 1.46. The topological polar surface area (TPSA) is 111 Å². The van der Waals surface area contributed by atoms with Crippen LogP contribution in [-0.4, -0.2) is 79.2 Å². The first-order chi connectivity index (χ1) is 16.1. The molecule has 0 bridgehead atoms. The van der Waals surface area contributed by atoms with Crippen molar-refractivity contribution in [2.45, 2.75) is 19.4 Å². The quantitative estimate of drug-likeness (QED) is 0.695. The second kappa shape index (κ2) is 9.98. The summed E-state index contributed by atoms with van der Waals surface area (Å²) in [6.07, 6.45) is 0.463. The molecule has 0 spiro atoms. The molecule has 0 saturated carbocycles. The zero-order chi connectivity index (χ0) is 23.4. The lowest BCUT2D eigenvalue weighted by molar-refractivity contribution is 0.0674. The van der Waals surface area contributed by atoms with Crippen LogP contribution in [0.15, 0.2) is 35.5 Å². The van der Waals surface area contributed by atoms with Crippen molar-refractivity contribution in [3.8, 4) is 17.2 Å². The number of anilines is 1. The van der Waals surface area contributed by atoms with E-state index in [0.717, 1.165) is 16.7 Å². The van der Waals surface area contributed by atoms with Crippen molar-refractivity contribution in [1.29, 1.82) is 5.26 Å². The van der Waals surface area contributed by atoms with E-state index in [1.165, 1.54) is 7.11 Å². The number of amides is 1. The highest BCUT2D eigenvalue weighted by molar-refractivity contribution is 6.00. The van der Waals surface area contributed by atoms with Crippen LogP contribution in [0.2, 0.25) is 0 Å². The van der Waals surface area contributed by atoms with Gasteiger partial charge in [-0.25, -0.2) is 4.98 Å². The molecule has 2 aliphatic rings. The van der Waals surface area contributed by atoms with Crippen LogP contribution < -0.4 is 4.90 Å². The number of benzene rings is 1. The van der Waals surface area contributed by atoms with Crippen LogP contribution >= 0.6 is 0 Å². The second-order valence-corrected chi connectivity index (χ2v) is 8.07. The fourth-order valence-electron chi connectivity index (χ4n) is 4.36. The van der Waals surface area contributed by atoms with Gasteiger partial charge in [-0.15, -0.1) is 0 Å². The summed E-state index contributed by atoms with van der Waals surface area (Å²) in [5.41, 5.74) is 4.25. The number of morpholine rings is 1. The highest BCUT2D eigenvalue weighted by atomic mass is 16.6. The number of rotatable bonds is 5. The molecular formula is C24H27N5O4. The Labute approximate surface area is 192 Å². The predicted octanol–water partition coefficient (Wildman–Crippen LogP) is 1.97. The molecule has 2 saturated heterocycles. The lowest BCUT2D eigenvalue weighted by Crippen LogP contribution is -2.39. The highest BCUT2D eigenvalue weighted by Gasteiger charge is 2.34. The third-order valence-electron chi connectivity index (χ3n) is 6.11. The van der Waals surface area contributed by atoms with Crippen molar-refractivity contribution in [3.05, 3.63) is 47.2 Å². The molecule has 1 N–H and O–H groups in total.